The molecule has 2 amide bonds. The highest BCUT2D eigenvalue weighted by atomic mass is 16.5. The van der Waals surface area contributed by atoms with Crippen LogP contribution in [0.25, 0.3) is 0 Å². The van der Waals surface area contributed by atoms with Crippen LogP contribution in [-0.4, -0.2) is 53.3 Å². The minimum Gasteiger partial charge on any atom is -0.339 e. The Hall–Kier alpha value is -1.63. The van der Waals surface area contributed by atoms with Gasteiger partial charge in [-0.2, -0.15) is 4.98 Å². The van der Waals surface area contributed by atoms with Gasteiger partial charge in [0.2, 0.25) is 5.89 Å². The Morgan fingerprint density at radius 2 is 2.17 bits per heavy atom. The number of carbonyl (C=O) groups excluding carboxylic acids is 1. The van der Waals surface area contributed by atoms with Gasteiger partial charge in [0.25, 0.3) is 0 Å². The first kappa shape index (κ1) is 18.7. The van der Waals surface area contributed by atoms with Gasteiger partial charge in [-0.3, -0.25) is 4.90 Å². The van der Waals surface area contributed by atoms with E-state index in [4.69, 9.17) is 4.52 Å². The van der Waals surface area contributed by atoms with Gasteiger partial charge in [-0.25, -0.2) is 4.79 Å². The molecule has 2 N–H and O–H groups in total. The van der Waals surface area contributed by atoms with Gasteiger partial charge in [0.05, 0.1) is 0 Å². The molecule has 1 aromatic rings. The van der Waals surface area contributed by atoms with Crippen molar-refractivity contribution in [3.63, 3.8) is 0 Å². The second-order valence-electron chi connectivity index (χ2n) is 7.18. The Balaban J connectivity index is 1.62. The molecule has 7 heteroatoms. The quantitative estimate of drug-likeness (QED) is 0.796. The number of nitrogens with zero attached hydrogens (tertiary/aromatic N) is 3. The molecule has 1 aliphatic heterocycles. The van der Waals surface area contributed by atoms with Crippen LogP contribution in [0.2, 0.25) is 0 Å². The minimum atomic E-state index is -0.143. The maximum Gasteiger partial charge on any atom is 0.314 e. The SMILES string of the molecule is CC(C)c1noc(CCNC(=O)NC[C@@H](C)N2CCC[C@@H](C)C2)n1. The van der Waals surface area contributed by atoms with Gasteiger partial charge in [-0.05, 0) is 32.2 Å². The smallest absolute Gasteiger partial charge is 0.314 e. The van der Waals surface area contributed by atoms with Crippen molar-refractivity contribution >= 4 is 6.03 Å². The maximum absolute atomic E-state index is 11.9. The number of hydrogen-bond acceptors (Lipinski definition) is 5. The van der Waals surface area contributed by atoms with E-state index in [0.717, 1.165) is 19.0 Å². The minimum absolute atomic E-state index is 0.143. The van der Waals surface area contributed by atoms with Gasteiger partial charge in [-0.1, -0.05) is 25.9 Å². The molecule has 2 heterocycles. The first-order valence-corrected chi connectivity index (χ1v) is 9.04. The summed E-state index contributed by atoms with van der Waals surface area (Å²) in [5.41, 5.74) is 0. The molecule has 136 valence electrons. The summed E-state index contributed by atoms with van der Waals surface area (Å²) in [5.74, 6) is 2.27. The van der Waals surface area contributed by atoms with Gasteiger partial charge in [-0.15, -0.1) is 0 Å². The number of carbonyl (C=O) groups is 1. The van der Waals surface area contributed by atoms with Gasteiger partial charge >= 0.3 is 6.03 Å². The number of piperidine rings is 1. The molecule has 1 aromatic heterocycles. The van der Waals surface area contributed by atoms with Crippen molar-refractivity contribution in [2.24, 2.45) is 5.92 Å². The number of amides is 2. The molecule has 1 aliphatic rings. The van der Waals surface area contributed by atoms with E-state index in [1.807, 2.05) is 13.8 Å². The summed E-state index contributed by atoms with van der Waals surface area (Å²) < 4.78 is 5.16. The molecule has 1 saturated heterocycles. The number of hydrogen-bond donors (Lipinski definition) is 2. The van der Waals surface area contributed by atoms with E-state index >= 15 is 0 Å². The third-order valence-corrected chi connectivity index (χ3v) is 4.49. The summed E-state index contributed by atoms with van der Waals surface area (Å²) in [4.78, 5) is 18.6. The lowest BCUT2D eigenvalue weighted by Crippen LogP contribution is -2.48. The van der Waals surface area contributed by atoms with Crippen molar-refractivity contribution in [2.45, 2.75) is 58.9 Å². The third kappa shape index (κ3) is 5.78. The van der Waals surface area contributed by atoms with Crippen molar-refractivity contribution in [1.82, 2.24) is 25.7 Å². The molecular formula is C17H31N5O2. The highest BCUT2D eigenvalue weighted by Gasteiger charge is 2.21. The lowest BCUT2D eigenvalue weighted by atomic mass is 9.99. The van der Waals surface area contributed by atoms with Crippen LogP contribution in [0, 0.1) is 5.92 Å². The molecule has 7 nitrogen and oxygen atoms in total. The maximum atomic E-state index is 11.9. The largest absolute Gasteiger partial charge is 0.339 e. The molecule has 24 heavy (non-hydrogen) atoms. The standard InChI is InChI=1S/C17H31N5O2/c1-12(2)16-20-15(24-21-16)7-8-18-17(23)19-10-14(4)22-9-5-6-13(3)11-22/h12-14H,5-11H2,1-4H3,(H2,18,19,23)/t13-,14-/m1/s1. The Bertz CT molecular complexity index is 517. The number of aromatic nitrogens is 2. The van der Waals surface area contributed by atoms with Crippen LogP contribution >= 0.6 is 0 Å². The number of urea groups is 1. The molecule has 0 radical (unpaired) electrons. The second-order valence-corrected chi connectivity index (χ2v) is 7.18. The lowest BCUT2D eigenvalue weighted by Gasteiger charge is -2.35. The van der Waals surface area contributed by atoms with Gasteiger partial charge < -0.3 is 15.2 Å². The molecular weight excluding hydrogens is 306 g/mol. The van der Waals surface area contributed by atoms with Crippen molar-refractivity contribution < 1.29 is 9.32 Å². The van der Waals surface area contributed by atoms with Crippen LogP contribution in [0.4, 0.5) is 4.79 Å². The normalized spacial score (nSPS) is 20.1. The fourth-order valence-electron chi connectivity index (χ4n) is 2.95. The molecule has 1 fully saturated rings. The Morgan fingerprint density at radius 3 is 2.83 bits per heavy atom. The summed E-state index contributed by atoms with van der Waals surface area (Å²) in [6.45, 7) is 11.9. The molecule has 0 aliphatic carbocycles. The van der Waals surface area contributed by atoms with E-state index in [9.17, 15) is 4.79 Å². The number of nitrogens with one attached hydrogen (secondary N) is 2. The monoisotopic (exact) mass is 337 g/mol. The fraction of sp³-hybridized carbons (Fsp3) is 0.824. The van der Waals surface area contributed by atoms with Crippen LogP contribution < -0.4 is 10.6 Å². The average Bonchev–Trinajstić information content (AvgIpc) is 3.02. The first-order valence-electron chi connectivity index (χ1n) is 9.04. The molecule has 0 aromatic carbocycles. The van der Waals surface area contributed by atoms with Crippen molar-refractivity contribution in [1.29, 1.82) is 0 Å². The van der Waals surface area contributed by atoms with Crippen molar-refractivity contribution in [2.75, 3.05) is 26.2 Å². The summed E-state index contributed by atoms with van der Waals surface area (Å²) >= 11 is 0. The van der Waals surface area contributed by atoms with Gasteiger partial charge in [0.1, 0.15) is 0 Å². The topological polar surface area (TPSA) is 83.3 Å². The highest BCUT2D eigenvalue weighted by molar-refractivity contribution is 5.73. The fourth-order valence-corrected chi connectivity index (χ4v) is 2.95. The van der Waals surface area contributed by atoms with E-state index in [1.54, 1.807) is 0 Å². The molecule has 2 atom stereocenters. The van der Waals surface area contributed by atoms with E-state index in [2.05, 4.69) is 39.5 Å². The van der Waals surface area contributed by atoms with Gasteiger partial charge in [0.15, 0.2) is 5.82 Å². The molecule has 0 saturated carbocycles. The zero-order chi connectivity index (χ0) is 17.5. The summed E-state index contributed by atoms with van der Waals surface area (Å²) in [6.07, 6.45) is 3.11. The van der Waals surface area contributed by atoms with Crippen LogP contribution in [0.1, 0.15) is 58.2 Å². The highest BCUT2D eigenvalue weighted by Crippen LogP contribution is 2.17. The van der Waals surface area contributed by atoms with E-state index < -0.39 is 0 Å². The zero-order valence-electron chi connectivity index (χ0n) is 15.3. The van der Waals surface area contributed by atoms with Crippen LogP contribution in [0.3, 0.4) is 0 Å². The lowest BCUT2D eigenvalue weighted by molar-refractivity contribution is 0.137. The predicted octanol–water partition coefficient (Wildman–Crippen LogP) is 2.16. The van der Waals surface area contributed by atoms with Gasteiger partial charge in [0, 0.05) is 38.0 Å². The first-order chi connectivity index (χ1) is 11.5. The van der Waals surface area contributed by atoms with Crippen LogP contribution in [0.5, 0.6) is 0 Å². The van der Waals surface area contributed by atoms with Crippen LogP contribution in [0.15, 0.2) is 4.52 Å². The summed E-state index contributed by atoms with van der Waals surface area (Å²) in [6, 6.07) is 0.221. The molecule has 0 bridgehead atoms. The second kappa shape index (κ2) is 9.01. The van der Waals surface area contributed by atoms with Crippen molar-refractivity contribution in [3.8, 4) is 0 Å². The molecule has 2 rings (SSSR count). The average molecular weight is 337 g/mol. The van der Waals surface area contributed by atoms with Crippen molar-refractivity contribution in [3.05, 3.63) is 11.7 Å². The summed E-state index contributed by atoms with van der Waals surface area (Å²) in [5, 5.41) is 9.70. The Kier molecular flexibility index (Phi) is 7.02. The number of likely N-dealkylation sites (tertiary alicyclic amines) is 1. The van der Waals surface area contributed by atoms with Crippen LogP contribution in [-0.2, 0) is 6.42 Å². The van der Waals surface area contributed by atoms with E-state index in [-0.39, 0.29) is 11.9 Å². The van der Waals surface area contributed by atoms with E-state index in [0.29, 0.717) is 37.3 Å². The third-order valence-electron chi connectivity index (χ3n) is 4.49. The summed E-state index contributed by atoms with van der Waals surface area (Å²) in [7, 11) is 0. The predicted molar refractivity (Wildman–Crippen MR) is 92.9 cm³/mol. The molecule has 0 spiro atoms. The Morgan fingerprint density at radius 1 is 1.38 bits per heavy atom. The zero-order valence-corrected chi connectivity index (χ0v) is 15.3. The Labute approximate surface area is 144 Å². The molecule has 0 unspecified atom stereocenters. The van der Waals surface area contributed by atoms with E-state index in [1.165, 1.54) is 12.8 Å². The number of rotatable bonds is 7.